The first-order valence-corrected chi connectivity index (χ1v) is 6.38. The first-order valence-electron chi connectivity index (χ1n) is 4.32. The number of aromatic nitrogens is 1. The molecule has 0 amide bonds. The van der Waals surface area contributed by atoms with Gasteiger partial charge in [-0.2, -0.15) is 21.4 Å². The highest BCUT2D eigenvalue weighted by Gasteiger charge is 2.10. The Kier molecular flexibility index (Phi) is 4.23. The van der Waals surface area contributed by atoms with Crippen molar-refractivity contribution in [1.82, 2.24) is 4.37 Å². The molecule has 0 fully saturated rings. The minimum absolute atomic E-state index is 0.545. The summed E-state index contributed by atoms with van der Waals surface area (Å²) in [6.45, 7) is 4.88. The summed E-state index contributed by atoms with van der Waals surface area (Å²) in [7, 11) is 0. The van der Waals surface area contributed by atoms with Gasteiger partial charge in [0.05, 0.1) is 5.69 Å². The molecule has 0 aliphatic heterocycles. The van der Waals surface area contributed by atoms with E-state index in [-0.39, 0.29) is 0 Å². The van der Waals surface area contributed by atoms with Gasteiger partial charge in [0.1, 0.15) is 16.6 Å². The molecule has 1 N–H and O–H groups in total. The standard InChI is InChI=1S/C9H13N3S2/c1-6(13-3)5-11-9-8(4-10)7(2)12-14-9/h6,11H,5H2,1-3H3. The minimum Gasteiger partial charge on any atom is -0.373 e. The number of hydrogen-bond donors (Lipinski definition) is 1. The van der Waals surface area contributed by atoms with Gasteiger partial charge in [-0.1, -0.05) is 6.92 Å². The van der Waals surface area contributed by atoms with Gasteiger partial charge in [0.25, 0.3) is 0 Å². The van der Waals surface area contributed by atoms with E-state index in [4.69, 9.17) is 5.26 Å². The van der Waals surface area contributed by atoms with Crippen molar-refractivity contribution >= 4 is 28.3 Å². The molecule has 14 heavy (non-hydrogen) atoms. The summed E-state index contributed by atoms with van der Waals surface area (Å²) in [6.07, 6.45) is 2.08. The van der Waals surface area contributed by atoms with Gasteiger partial charge in [-0.15, -0.1) is 0 Å². The first-order chi connectivity index (χ1) is 6.69. The highest BCUT2D eigenvalue weighted by Crippen LogP contribution is 2.23. The van der Waals surface area contributed by atoms with Crippen LogP contribution in [-0.4, -0.2) is 22.4 Å². The summed E-state index contributed by atoms with van der Waals surface area (Å²) in [5.41, 5.74) is 1.50. The lowest BCUT2D eigenvalue weighted by atomic mass is 10.3. The van der Waals surface area contributed by atoms with Crippen LogP contribution in [0.5, 0.6) is 0 Å². The Morgan fingerprint density at radius 3 is 3.00 bits per heavy atom. The molecule has 1 rings (SSSR count). The molecule has 1 aromatic heterocycles. The zero-order valence-corrected chi connectivity index (χ0v) is 10.1. The molecule has 1 atom stereocenters. The average Bonchev–Trinajstić information content (AvgIpc) is 2.55. The molecule has 76 valence electrons. The van der Waals surface area contributed by atoms with E-state index < -0.39 is 0 Å². The molecule has 0 saturated carbocycles. The number of anilines is 1. The molecule has 0 aliphatic carbocycles. The molecule has 3 nitrogen and oxygen atoms in total. The number of aryl methyl sites for hydroxylation is 1. The van der Waals surface area contributed by atoms with Crippen molar-refractivity contribution in [2.24, 2.45) is 0 Å². The number of nitrogens with zero attached hydrogens (tertiary/aromatic N) is 2. The Morgan fingerprint density at radius 1 is 1.71 bits per heavy atom. The van der Waals surface area contributed by atoms with Crippen molar-refractivity contribution < 1.29 is 0 Å². The monoisotopic (exact) mass is 227 g/mol. The van der Waals surface area contributed by atoms with Crippen LogP contribution < -0.4 is 5.32 Å². The van der Waals surface area contributed by atoms with E-state index in [0.717, 1.165) is 17.2 Å². The molecule has 0 bridgehead atoms. The fraction of sp³-hybridized carbons (Fsp3) is 0.556. The van der Waals surface area contributed by atoms with Crippen LogP contribution in [0.15, 0.2) is 0 Å². The van der Waals surface area contributed by atoms with Crippen LogP contribution in [0.4, 0.5) is 5.00 Å². The third kappa shape index (κ3) is 2.63. The number of nitriles is 1. The van der Waals surface area contributed by atoms with Crippen molar-refractivity contribution in [3.8, 4) is 6.07 Å². The molecule has 1 unspecified atom stereocenters. The quantitative estimate of drug-likeness (QED) is 0.858. The molecule has 1 aromatic rings. The summed E-state index contributed by atoms with van der Waals surface area (Å²) in [4.78, 5) is 0. The second-order valence-corrected chi connectivity index (χ2v) is 5.06. The van der Waals surface area contributed by atoms with Crippen molar-refractivity contribution in [2.45, 2.75) is 19.1 Å². The van der Waals surface area contributed by atoms with Crippen molar-refractivity contribution in [3.05, 3.63) is 11.3 Å². The third-order valence-electron chi connectivity index (χ3n) is 1.93. The zero-order valence-electron chi connectivity index (χ0n) is 8.50. The van der Waals surface area contributed by atoms with E-state index in [9.17, 15) is 0 Å². The van der Waals surface area contributed by atoms with Gasteiger partial charge in [0.2, 0.25) is 0 Å². The molecular formula is C9H13N3S2. The molecule has 0 saturated heterocycles. The van der Waals surface area contributed by atoms with Crippen molar-refractivity contribution in [2.75, 3.05) is 18.1 Å². The molecule has 5 heteroatoms. The first kappa shape index (κ1) is 11.3. The summed E-state index contributed by atoms with van der Waals surface area (Å²) >= 11 is 3.16. The summed E-state index contributed by atoms with van der Waals surface area (Å²) in [5.74, 6) is 0. The Balaban J connectivity index is 2.64. The van der Waals surface area contributed by atoms with Crippen molar-refractivity contribution in [1.29, 1.82) is 5.26 Å². The summed E-state index contributed by atoms with van der Waals surface area (Å²) in [6, 6.07) is 2.16. The Morgan fingerprint density at radius 2 is 2.43 bits per heavy atom. The van der Waals surface area contributed by atoms with Gasteiger partial charge < -0.3 is 5.32 Å². The maximum atomic E-state index is 8.88. The van der Waals surface area contributed by atoms with Gasteiger partial charge in [-0.3, -0.25) is 0 Å². The Hall–Kier alpha value is -0.730. The van der Waals surface area contributed by atoms with Gasteiger partial charge in [0.15, 0.2) is 0 Å². The predicted molar refractivity (Wildman–Crippen MR) is 63.0 cm³/mol. The minimum atomic E-state index is 0.545. The smallest absolute Gasteiger partial charge is 0.127 e. The lowest BCUT2D eigenvalue weighted by molar-refractivity contribution is 1.01. The van der Waals surface area contributed by atoms with E-state index in [1.165, 1.54) is 11.5 Å². The molecule has 0 radical (unpaired) electrons. The number of hydrogen-bond acceptors (Lipinski definition) is 5. The van der Waals surface area contributed by atoms with Gasteiger partial charge >= 0.3 is 0 Å². The van der Waals surface area contributed by atoms with Crippen LogP contribution in [0.1, 0.15) is 18.2 Å². The summed E-state index contributed by atoms with van der Waals surface area (Å²) < 4.78 is 4.14. The van der Waals surface area contributed by atoms with Crippen LogP contribution >= 0.6 is 23.3 Å². The number of rotatable bonds is 4. The highest BCUT2D eigenvalue weighted by atomic mass is 32.2. The lowest BCUT2D eigenvalue weighted by Crippen LogP contribution is -2.12. The molecule has 0 aliphatic rings. The zero-order chi connectivity index (χ0) is 10.6. The highest BCUT2D eigenvalue weighted by molar-refractivity contribution is 7.99. The Bertz CT molecular complexity index is 340. The Labute approximate surface area is 92.7 Å². The SMILES string of the molecule is CSC(C)CNc1snc(C)c1C#N. The van der Waals surface area contributed by atoms with E-state index in [0.29, 0.717) is 10.8 Å². The van der Waals surface area contributed by atoms with E-state index in [1.54, 1.807) is 11.8 Å². The van der Waals surface area contributed by atoms with Gasteiger partial charge in [-0.05, 0) is 24.7 Å². The van der Waals surface area contributed by atoms with Crippen LogP contribution in [0.2, 0.25) is 0 Å². The van der Waals surface area contributed by atoms with Crippen LogP contribution in [0.25, 0.3) is 0 Å². The normalized spacial score (nSPS) is 12.1. The number of thioether (sulfide) groups is 1. The largest absolute Gasteiger partial charge is 0.373 e. The van der Waals surface area contributed by atoms with E-state index in [2.05, 4.69) is 28.9 Å². The molecule has 1 heterocycles. The van der Waals surface area contributed by atoms with Gasteiger partial charge in [0, 0.05) is 11.8 Å². The fourth-order valence-corrected chi connectivity index (χ4v) is 1.94. The fourth-order valence-electron chi connectivity index (χ4n) is 0.942. The van der Waals surface area contributed by atoms with Crippen LogP contribution in [0, 0.1) is 18.3 Å². The molecular weight excluding hydrogens is 214 g/mol. The predicted octanol–water partition coefficient (Wildman–Crippen LogP) is 2.49. The van der Waals surface area contributed by atoms with Crippen LogP contribution in [0.3, 0.4) is 0 Å². The maximum Gasteiger partial charge on any atom is 0.127 e. The lowest BCUT2D eigenvalue weighted by Gasteiger charge is -2.08. The van der Waals surface area contributed by atoms with Crippen molar-refractivity contribution in [3.63, 3.8) is 0 Å². The third-order valence-corrected chi connectivity index (χ3v) is 3.79. The van der Waals surface area contributed by atoms with E-state index in [1.807, 2.05) is 6.92 Å². The second kappa shape index (κ2) is 5.23. The van der Waals surface area contributed by atoms with Crippen LogP contribution in [-0.2, 0) is 0 Å². The number of nitrogens with one attached hydrogen (secondary N) is 1. The topological polar surface area (TPSA) is 48.7 Å². The molecule has 0 spiro atoms. The maximum absolute atomic E-state index is 8.88. The molecule has 0 aromatic carbocycles. The summed E-state index contributed by atoms with van der Waals surface area (Å²) in [5, 5.41) is 13.6. The average molecular weight is 227 g/mol. The second-order valence-electron chi connectivity index (χ2n) is 3.01. The van der Waals surface area contributed by atoms with E-state index >= 15 is 0 Å². The van der Waals surface area contributed by atoms with Gasteiger partial charge in [-0.25, -0.2) is 0 Å².